The molecule has 5 nitrogen and oxygen atoms in total. The van der Waals surface area contributed by atoms with Crippen LogP contribution in [0.3, 0.4) is 0 Å². The Kier molecular flexibility index (Phi) is 6.24. The van der Waals surface area contributed by atoms with Crippen LogP contribution >= 0.6 is 0 Å². The molecule has 132 valence electrons. The number of benzene rings is 1. The molecule has 0 unspecified atom stereocenters. The summed E-state index contributed by atoms with van der Waals surface area (Å²) in [5.41, 5.74) is 1.04. The Morgan fingerprint density at radius 3 is 2.38 bits per heavy atom. The zero-order chi connectivity index (χ0) is 16.8. The minimum Gasteiger partial charge on any atom is -0.381 e. The second-order valence-electron chi connectivity index (χ2n) is 6.69. The smallest absolute Gasteiger partial charge is 0.244 e. The van der Waals surface area contributed by atoms with Crippen LogP contribution in [0.1, 0.15) is 31.4 Å². The van der Waals surface area contributed by atoms with E-state index < -0.39 is 0 Å². The van der Waals surface area contributed by atoms with E-state index in [1.165, 1.54) is 0 Å². The molecule has 0 aromatic heterocycles. The number of nitrogens with one attached hydrogen (secondary N) is 1. The summed E-state index contributed by atoms with van der Waals surface area (Å²) in [6, 6.07) is 10.0. The number of amides is 1. The zero-order valence-electron chi connectivity index (χ0n) is 14.4. The highest BCUT2D eigenvalue weighted by Gasteiger charge is 2.30. The molecule has 2 fully saturated rings. The van der Waals surface area contributed by atoms with Gasteiger partial charge >= 0.3 is 0 Å². The lowest BCUT2D eigenvalue weighted by Crippen LogP contribution is -2.49. The van der Waals surface area contributed by atoms with Crippen LogP contribution in [0.5, 0.6) is 0 Å². The average Bonchev–Trinajstić information content (AvgIpc) is 2.67. The van der Waals surface area contributed by atoms with Crippen molar-refractivity contribution in [3.63, 3.8) is 0 Å². The number of hydrogen-bond acceptors (Lipinski definition) is 4. The lowest BCUT2D eigenvalue weighted by atomic mass is 9.91. The topological polar surface area (TPSA) is 50.8 Å². The van der Waals surface area contributed by atoms with Crippen molar-refractivity contribution in [2.45, 2.75) is 31.8 Å². The first-order valence-corrected chi connectivity index (χ1v) is 9.01. The summed E-state index contributed by atoms with van der Waals surface area (Å²) in [7, 11) is 0. The van der Waals surface area contributed by atoms with E-state index in [1.807, 2.05) is 35.2 Å². The molecule has 2 atom stereocenters. The lowest BCUT2D eigenvalue weighted by molar-refractivity contribution is -0.138. The van der Waals surface area contributed by atoms with Crippen molar-refractivity contribution >= 4 is 5.91 Å². The average molecular weight is 332 g/mol. The molecular weight excluding hydrogens is 304 g/mol. The lowest BCUT2D eigenvalue weighted by Gasteiger charge is -2.35. The summed E-state index contributed by atoms with van der Waals surface area (Å²) in [4.78, 5) is 15.0. The van der Waals surface area contributed by atoms with Crippen LogP contribution in [0, 0.1) is 5.92 Å². The summed E-state index contributed by atoms with van der Waals surface area (Å²) in [5.74, 6) is 0.714. The van der Waals surface area contributed by atoms with E-state index in [2.05, 4.69) is 12.2 Å². The molecule has 0 spiro atoms. The van der Waals surface area contributed by atoms with Crippen molar-refractivity contribution in [2.75, 3.05) is 39.5 Å². The van der Waals surface area contributed by atoms with Gasteiger partial charge in [-0.15, -0.1) is 0 Å². The van der Waals surface area contributed by atoms with Crippen molar-refractivity contribution in [1.29, 1.82) is 0 Å². The summed E-state index contributed by atoms with van der Waals surface area (Å²) < 4.78 is 10.8. The van der Waals surface area contributed by atoms with Crippen molar-refractivity contribution in [1.82, 2.24) is 10.2 Å². The highest BCUT2D eigenvalue weighted by atomic mass is 16.5. The highest BCUT2D eigenvalue weighted by molar-refractivity contribution is 5.83. The molecule has 5 heteroatoms. The summed E-state index contributed by atoms with van der Waals surface area (Å²) in [6.07, 6.45) is 2.11. The maximum Gasteiger partial charge on any atom is 0.244 e. The third kappa shape index (κ3) is 4.35. The van der Waals surface area contributed by atoms with Crippen molar-refractivity contribution in [3.8, 4) is 0 Å². The van der Waals surface area contributed by atoms with E-state index in [9.17, 15) is 4.79 Å². The molecule has 0 aliphatic carbocycles. The highest BCUT2D eigenvalue weighted by Crippen LogP contribution is 2.23. The number of rotatable bonds is 5. The van der Waals surface area contributed by atoms with Gasteiger partial charge in [-0.25, -0.2) is 0 Å². The molecule has 0 bridgehead atoms. The predicted octanol–water partition coefficient (Wildman–Crippen LogP) is 1.99. The summed E-state index contributed by atoms with van der Waals surface area (Å²) in [6.45, 7) is 6.45. The van der Waals surface area contributed by atoms with Gasteiger partial charge in [0.15, 0.2) is 0 Å². The molecular formula is C19H28N2O3. The van der Waals surface area contributed by atoms with Gasteiger partial charge in [-0.1, -0.05) is 30.3 Å². The van der Waals surface area contributed by atoms with E-state index in [0.717, 1.165) is 31.6 Å². The van der Waals surface area contributed by atoms with E-state index in [0.29, 0.717) is 32.2 Å². The molecule has 1 amide bonds. The van der Waals surface area contributed by atoms with Gasteiger partial charge in [-0.2, -0.15) is 0 Å². The monoisotopic (exact) mass is 332 g/mol. The summed E-state index contributed by atoms with van der Waals surface area (Å²) >= 11 is 0. The van der Waals surface area contributed by atoms with Gasteiger partial charge in [0.2, 0.25) is 5.91 Å². The molecule has 1 aromatic rings. The van der Waals surface area contributed by atoms with Gasteiger partial charge in [0.1, 0.15) is 6.04 Å². The van der Waals surface area contributed by atoms with Crippen LogP contribution in [-0.2, 0) is 14.3 Å². The Hall–Kier alpha value is -1.43. The Bertz CT molecular complexity index is 511. The summed E-state index contributed by atoms with van der Waals surface area (Å²) in [5, 5.41) is 3.61. The van der Waals surface area contributed by atoms with Gasteiger partial charge < -0.3 is 14.4 Å². The van der Waals surface area contributed by atoms with Crippen LogP contribution in [0.2, 0.25) is 0 Å². The predicted molar refractivity (Wildman–Crippen MR) is 92.7 cm³/mol. The third-order valence-electron chi connectivity index (χ3n) is 5.11. The minimum absolute atomic E-state index is 0.156. The molecule has 2 heterocycles. The fourth-order valence-electron chi connectivity index (χ4n) is 3.54. The van der Waals surface area contributed by atoms with Crippen molar-refractivity contribution < 1.29 is 14.3 Å². The Labute approximate surface area is 144 Å². The van der Waals surface area contributed by atoms with E-state index in [-0.39, 0.29) is 18.0 Å². The normalized spacial score (nSPS) is 22.1. The first-order valence-electron chi connectivity index (χ1n) is 9.01. The molecule has 2 aliphatic rings. The SMILES string of the molecule is C[C@H](N[C@H](C(=O)N1CCOCC1)c1ccccc1)C1CCOCC1. The second kappa shape index (κ2) is 8.60. The fraction of sp³-hybridized carbons (Fsp3) is 0.632. The van der Waals surface area contributed by atoms with Crippen molar-refractivity contribution in [2.24, 2.45) is 5.92 Å². The maximum atomic E-state index is 13.1. The molecule has 3 rings (SSSR count). The third-order valence-corrected chi connectivity index (χ3v) is 5.11. The van der Waals surface area contributed by atoms with E-state index in [4.69, 9.17) is 9.47 Å². The number of hydrogen-bond donors (Lipinski definition) is 1. The second-order valence-corrected chi connectivity index (χ2v) is 6.69. The van der Waals surface area contributed by atoms with E-state index >= 15 is 0 Å². The molecule has 2 aliphatic heterocycles. The molecule has 2 saturated heterocycles. The molecule has 24 heavy (non-hydrogen) atoms. The molecule has 1 aromatic carbocycles. The fourth-order valence-corrected chi connectivity index (χ4v) is 3.54. The molecule has 0 radical (unpaired) electrons. The Morgan fingerprint density at radius 1 is 1.08 bits per heavy atom. The van der Waals surface area contributed by atoms with Crippen molar-refractivity contribution in [3.05, 3.63) is 35.9 Å². The minimum atomic E-state index is -0.290. The van der Waals surface area contributed by atoms with Crippen LogP contribution in [0.25, 0.3) is 0 Å². The quantitative estimate of drug-likeness (QED) is 0.896. The van der Waals surface area contributed by atoms with Crippen LogP contribution in [0.15, 0.2) is 30.3 Å². The number of carbonyl (C=O) groups is 1. The zero-order valence-corrected chi connectivity index (χ0v) is 14.4. The van der Waals surface area contributed by atoms with Gasteiger partial charge in [0, 0.05) is 32.3 Å². The van der Waals surface area contributed by atoms with Gasteiger partial charge in [-0.3, -0.25) is 10.1 Å². The number of morpholine rings is 1. The number of nitrogens with zero attached hydrogens (tertiary/aromatic N) is 1. The van der Waals surface area contributed by atoms with Crippen LogP contribution in [-0.4, -0.2) is 56.4 Å². The molecule has 1 N–H and O–H groups in total. The van der Waals surface area contributed by atoms with Gasteiger partial charge in [0.05, 0.1) is 13.2 Å². The largest absolute Gasteiger partial charge is 0.381 e. The Balaban J connectivity index is 1.73. The maximum absolute atomic E-state index is 13.1. The molecule has 0 saturated carbocycles. The van der Waals surface area contributed by atoms with Gasteiger partial charge in [-0.05, 0) is 31.2 Å². The standard InChI is InChI=1S/C19H28N2O3/c1-15(16-7-11-23-12-8-16)20-18(17-5-3-2-4-6-17)19(22)21-9-13-24-14-10-21/h2-6,15-16,18,20H,7-14H2,1H3/t15-,18-/m0/s1. The number of carbonyl (C=O) groups excluding carboxylic acids is 1. The van der Waals surface area contributed by atoms with Crippen LogP contribution < -0.4 is 5.32 Å². The van der Waals surface area contributed by atoms with E-state index in [1.54, 1.807) is 0 Å². The van der Waals surface area contributed by atoms with Crippen LogP contribution in [0.4, 0.5) is 0 Å². The first kappa shape index (κ1) is 17.4. The first-order chi connectivity index (χ1) is 11.8. The van der Waals surface area contributed by atoms with Gasteiger partial charge in [0.25, 0.3) is 0 Å². The number of ether oxygens (including phenoxy) is 2. The Morgan fingerprint density at radius 2 is 1.71 bits per heavy atom.